The van der Waals surface area contributed by atoms with Crippen LogP contribution >= 0.6 is 11.6 Å². The SMILES string of the molecule is Cc1ccc(S(=O)(=O)Nc2c(C)nn(Cc3c(F)cccc3Cl)c2C)cc1C. The standard InChI is InChI=1S/C20H21ClFN3O2S/c1-12-8-9-16(10-13(12)2)28(26,27)24-20-14(3)23-25(15(20)4)11-17-18(21)6-5-7-19(17)22/h5-10,24H,11H2,1-4H3. The van der Waals surface area contributed by atoms with Crippen molar-refractivity contribution in [2.24, 2.45) is 0 Å². The maximum absolute atomic E-state index is 14.1. The first-order valence-corrected chi connectivity index (χ1v) is 10.5. The molecule has 0 spiro atoms. The molecule has 0 fully saturated rings. The zero-order valence-electron chi connectivity index (χ0n) is 16.0. The Hall–Kier alpha value is -2.38. The lowest BCUT2D eigenvalue weighted by Gasteiger charge is -2.11. The van der Waals surface area contributed by atoms with Crippen molar-refractivity contribution in [3.05, 3.63) is 75.3 Å². The normalized spacial score (nSPS) is 11.6. The van der Waals surface area contributed by atoms with E-state index >= 15 is 0 Å². The molecule has 0 aliphatic rings. The molecule has 1 aromatic heterocycles. The Bertz CT molecular complexity index is 1140. The predicted octanol–water partition coefficient (Wildman–Crippen LogP) is 4.76. The maximum atomic E-state index is 14.1. The second-order valence-corrected chi connectivity index (χ2v) is 8.84. The van der Waals surface area contributed by atoms with Crippen molar-refractivity contribution in [1.82, 2.24) is 9.78 Å². The summed E-state index contributed by atoms with van der Waals surface area (Å²) in [7, 11) is -3.78. The molecule has 1 N–H and O–H groups in total. The van der Waals surface area contributed by atoms with Gasteiger partial charge in [-0.05, 0) is 63.1 Å². The van der Waals surface area contributed by atoms with Crippen LogP contribution in [0.4, 0.5) is 10.1 Å². The van der Waals surface area contributed by atoms with Crippen LogP contribution in [0.2, 0.25) is 5.02 Å². The lowest BCUT2D eigenvalue weighted by molar-refractivity contribution is 0.579. The highest BCUT2D eigenvalue weighted by molar-refractivity contribution is 7.92. The third-order valence-corrected chi connectivity index (χ3v) is 6.48. The Morgan fingerprint density at radius 2 is 1.82 bits per heavy atom. The summed E-state index contributed by atoms with van der Waals surface area (Å²) in [4.78, 5) is 0.180. The van der Waals surface area contributed by atoms with Crippen LogP contribution in [-0.2, 0) is 16.6 Å². The molecule has 0 unspecified atom stereocenters. The highest BCUT2D eigenvalue weighted by atomic mass is 35.5. The monoisotopic (exact) mass is 421 g/mol. The quantitative estimate of drug-likeness (QED) is 0.646. The fraction of sp³-hybridized carbons (Fsp3) is 0.250. The number of aryl methyl sites for hydroxylation is 3. The summed E-state index contributed by atoms with van der Waals surface area (Å²) < 4.78 is 43.9. The van der Waals surface area contributed by atoms with Crippen molar-refractivity contribution >= 4 is 27.3 Å². The Morgan fingerprint density at radius 3 is 2.46 bits per heavy atom. The van der Waals surface area contributed by atoms with Crippen molar-refractivity contribution in [3.63, 3.8) is 0 Å². The molecule has 5 nitrogen and oxygen atoms in total. The number of nitrogens with one attached hydrogen (secondary N) is 1. The molecule has 0 amide bonds. The molecule has 0 saturated heterocycles. The number of halogens is 2. The second kappa shape index (κ2) is 7.56. The molecule has 28 heavy (non-hydrogen) atoms. The first-order chi connectivity index (χ1) is 13.1. The molecule has 0 saturated carbocycles. The third-order valence-electron chi connectivity index (χ3n) is 4.78. The van der Waals surface area contributed by atoms with E-state index in [0.29, 0.717) is 27.7 Å². The number of benzene rings is 2. The van der Waals surface area contributed by atoms with Crippen molar-refractivity contribution in [2.45, 2.75) is 39.1 Å². The number of hydrogen-bond acceptors (Lipinski definition) is 3. The molecule has 1 heterocycles. The zero-order valence-corrected chi connectivity index (χ0v) is 17.6. The van der Waals surface area contributed by atoms with Crippen LogP contribution in [0.15, 0.2) is 41.3 Å². The first kappa shape index (κ1) is 20.4. The molecular formula is C20H21ClFN3O2S. The van der Waals surface area contributed by atoms with Crippen LogP contribution < -0.4 is 4.72 Å². The van der Waals surface area contributed by atoms with E-state index in [2.05, 4.69) is 9.82 Å². The topological polar surface area (TPSA) is 64.0 Å². The van der Waals surface area contributed by atoms with Crippen molar-refractivity contribution in [2.75, 3.05) is 4.72 Å². The van der Waals surface area contributed by atoms with Gasteiger partial charge in [0.2, 0.25) is 0 Å². The summed E-state index contributed by atoms with van der Waals surface area (Å²) in [5.41, 5.74) is 3.66. The smallest absolute Gasteiger partial charge is 0.262 e. The molecule has 0 bridgehead atoms. The highest BCUT2D eigenvalue weighted by Crippen LogP contribution is 2.27. The molecule has 0 aliphatic heterocycles. The predicted molar refractivity (Wildman–Crippen MR) is 109 cm³/mol. The minimum atomic E-state index is -3.78. The lowest BCUT2D eigenvalue weighted by Crippen LogP contribution is -2.14. The Morgan fingerprint density at radius 1 is 1.11 bits per heavy atom. The van der Waals surface area contributed by atoms with Gasteiger partial charge in [0.05, 0.1) is 28.5 Å². The fourth-order valence-electron chi connectivity index (χ4n) is 2.91. The molecule has 3 aromatic rings. The van der Waals surface area contributed by atoms with Crippen LogP contribution in [0.1, 0.15) is 28.1 Å². The average molecular weight is 422 g/mol. The zero-order chi connectivity index (χ0) is 20.6. The average Bonchev–Trinajstić information content (AvgIpc) is 2.87. The second-order valence-electron chi connectivity index (χ2n) is 6.76. The van der Waals surface area contributed by atoms with Crippen LogP contribution in [0.3, 0.4) is 0 Å². The van der Waals surface area contributed by atoms with Gasteiger partial charge in [0.15, 0.2) is 0 Å². The molecule has 2 aromatic carbocycles. The number of rotatable bonds is 5. The molecule has 3 rings (SSSR count). The van der Waals surface area contributed by atoms with Gasteiger partial charge in [0, 0.05) is 10.6 Å². The van der Waals surface area contributed by atoms with E-state index in [4.69, 9.17) is 11.6 Å². The number of sulfonamides is 1. The molecule has 0 radical (unpaired) electrons. The van der Waals surface area contributed by atoms with E-state index in [-0.39, 0.29) is 11.4 Å². The summed E-state index contributed by atoms with van der Waals surface area (Å²) >= 11 is 6.10. The number of nitrogens with zero attached hydrogens (tertiary/aromatic N) is 2. The lowest BCUT2D eigenvalue weighted by atomic mass is 10.1. The summed E-state index contributed by atoms with van der Waals surface area (Å²) in [6.07, 6.45) is 0. The van der Waals surface area contributed by atoms with E-state index in [0.717, 1.165) is 11.1 Å². The minimum absolute atomic E-state index is 0.101. The molecule has 148 valence electrons. The van der Waals surface area contributed by atoms with Crippen molar-refractivity contribution in [3.8, 4) is 0 Å². The van der Waals surface area contributed by atoms with E-state index in [9.17, 15) is 12.8 Å². The highest BCUT2D eigenvalue weighted by Gasteiger charge is 2.21. The third kappa shape index (κ3) is 3.91. The van der Waals surface area contributed by atoms with Gasteiger partial charge >= 0.3 is 0 Å². The van der Waals surface area contributed by atoms with E-state index < -0.39 is 15.8 Å². The van der Waals surface area contributed by atoms with Gasteiger partial charge in [0.25, 0.3) is 10.0 Å². The first-order valence-electron chi connectivity index (χ1n) is 8.67. The Kier molecular flexibility index (Phi) is 5.50. The van der Waals surface area contributed by atoms with Crippen LogP contribution in [-0.4, -0.2) is 18.2 Å². The van der Waals surface area contributed by atoms with Crippen molar-refractivity contribution < 1.29 is 12.8 Å². The summed E-state index contributed by atoms with van der Waals surface area (Å²) in [5.74, 6) is -0.433. The van der Waals surface area contributed by atoms with Crippen LogP contribution in [0, 0.1) is 33.5 Å². The Labute approximate surface area is 169 Å². The van der Waals surface area contributed by atoms with Gasteiger partial charge in [0.1, 0.15) is 5.82 Å². The minimum Gasteiger partial charge on any atom is -0.276 e. The van der Waals surface area contributed by atoms with Gasteiger partial charge in [-0.3, -0.25) is 9.40 Å². The fourth-order valence-corrected chi connectivity index (χ4v) is 4.39. The van der Waals surface area contributed by atoms with E-state index in [1.54, 1.807) is 38.1 Å². The van der Waals surface area contributed by atoms with Gasteiger partial charge < -0.3 is 0 Å². The number of aromatic nitrogens is 2. The van der Waals surface area contributed by atoms with Gasteiger partial charge in [-0.25, -0.2) is 12.8 Å². The van der Waals surface area contributed by atoms with Gasteiger partial charge in [-0.2, -0.15) is 5.10 Å². The van der Waals surface area contributed by atoms with Crippen molar-refractivity contribution in [1.29, 1.82) is 0 Å². The maximum Gasteiger partial charge on any atom is 0.262 e. The summed E-state index contributed by atoms with van der Waals surface area (Å²) in [6, 6.07) is 9.44. The molecule has 0 atom stereocenters. The van der Waals surface area contributed by atoms with Gasteiger partial charge in [-0.1, -0.05) is 23.7 Å². The van der Waals surface area contributed by atoms with Crippen LogP contribution in [0.25, 0.3) is 0 Å². The summed E-state index contributed by atoms with van der Waals surface area (Å²) in [6.45, 7) is 7.31. The van der Waals surface area contributed by atoms with Gasteiger partial charge in [-0.15, -0.1) is 0 Å². The van der Waals surface area contributed by atoms with E-state index in [1.807, 2.05) is 13.8 Å². The molecular weight excluding hydrogens is 401 g/mol. The molecule has 8 heteroatoms. The molecule has 0 aliphatic carbocycles. The number of hydrogen-bond donors (Lipinski definition) is 1. The van der Waals surface area contributed by atoms with Crippen LogP contribution in [0.5, 0.6) is 0 Å². The number of anilines is 1. The summed E-state index contributed by atoms with van der Waals surface area (Å²) in [5, 5.41) is 4.66. The van der Waals surface area contributed by atoms with E-state index in [1.165, 1.54) is 16.8 Å². The Balaban J connectivity index is 1.95. The largest absolute Gasteiger partial charge is 0.276 e.